The van der Waals surface area contributed by atoms with Gasteiger partial charge in [0.2, 0.25) is 0 Å². The molecule has 1 amide bonds. The molecule has 1 atom stereocenters. The van der Waals surface area contributed by atoms with Gasteiger partial charge in [-0.25, -0.2) is 9.97 Å². The Hall–Kier alpha value is -3.45. The molecule has 4 aromatic rings. The number of aryl methyl sites for hydroxylation is 2. The zero-order chi connectivity index (χ0) is 23.3. The number of benzene rings is 2. The third-order valence-corrected chi connectivity index (χ3v) is 7.25. The van der Waals surface area contributed by atoms with Crippen LogP contribution in [0.5, 0.6) is 5.75 Å². The smallest absolute Gasteiger partial charge is 0.275 e. The van der Waals surface area contributed by atoms with E-state index in [4.69, 9.17) is 9.72 Å². The monoisotopic (exact) mass is 458 g/mol. The van der Waals surface area contributed by atoms with Gasteiger partial charge in [-0.3, -0.25) is 4.79 Å². The molecule has 7 heteroatoms. The minimum atomic E-state index is -0.651. The zero-order valence-electron chi connectivity index (χ0n) is 19.2. The highest BCUT2D eigenvalue weighted by Gasteiger charge is 2.46. The maximum atomic E-state index is 14.0. The summed E-state index contributed by atoms with van der Waals surface area (Å²) in [6.07, 6.45) is 0.637. The maximum Gasteiger partial charge on any atom is 0.275 e. The van der Waals surface area contributed by atoms with Crippen LogP contribution >= 0.6 is 11.3 Å². The molecule has 0 spiro atoms. The number of amides is 1. The Labute approximate surface area is 197 Å². The van der Waals surface area contributed by atoms with Crippen LogP contribution < -0.4 is 4.74 Å². The van der Waals surface area contributed by atoms with E-state index in [0.29, 0.717) is 18.7 Å². The maximum absolute atomic E-state index is 14.0. The van der Waals surface area contributed by atoms with E-state index in [0.717, 1.165) is 49.2 Å². The number of likely N-dealkylation sites (tertiary alicyclic amines) is 1. The Morgan fingerprint density at radius 2 is 2.03 bits per heavy atom. The number of ether oxygens (including phenoxy) is 1. The molecular formula is C26H26N4O2S. The Morgan fingerprint density at radius 1 is 1.21 bits per heavy atom. The number of H-pyrrole nitrogens is 1. The number of thiazole rings is 1. The van der Waals surface area contributed by atoms with Gasteiger partial charge in [0.05, 0.1) is 28.0 Å². The Bertz CT molecular complexity index is 1400. The Morgan fingerprint density at radius 3 is 2.79 bits per heavy atom. The molecule has 3 heterocycles. The first-order valence-electron chi connectivity index (χ1n) is 10.9. The molecule has 168 valence electrons. The molecule has 0 saturated carbocycles. The number of carbonyl (C=O) groups excluding carboxylic acids is 1. The number of hydrogen-bond acceptors (Lipinski definition) is 5. The zero-order valence-corrected chi connectivity index (χ0v) is 20.0. The SMILES string of the molecule is C=C1CN(C(=O)c2nc(C)sc2-c2cccc(C)c2)C(C)(c2nc3ccc(OC)cc3[nH]2)C1. The molecule has 1 aliphatic rings. The first-order valence-corrected chi connectivity index (χ1v) is 11.7. The molecule has 0 aliphatic carbocycles. The molecule has 1 N–H and O–H groups in total. The van der Waals surface area contributed by atoms with Gasteiger partial charge < -0.3 is 14.6 Å². The summed E-state index contributed by atoms with van der Waals surface area (Å²) in [4.78, 5) is 29.6. The number of aromatic nitrogens is 3. The lowest BCUT2D eigenvalue weighted by atomic mass is 9.96. The number of hydrogen-bond donors (Lipinski definition) is 1. The van der Waals surface area contributed by atoms with E-state index in [1.54, 1.807) is 18.4 Å². The summed E-state index contributed by atoms with van der Waals surface area (Å²) in [6, 6.07) is 13.9. The van der Waals surface area contributed by atoms with Crippen molar-refractivity contribution in [2.45, 2.75) is 32.7 Å². The molecule has 5 rings (SSSR count). The van der Waals surface area contributed by atoms with Crippen molar-refractivity contribution in [3.8, 4) is 16.2 Å². The highest BCUT2D eigenvalue weighted by molar-refractivity contribution is 7.15. The van der Waals surface area contributed by atoms with Crippen molar-refractivity contribution in [2.75, 3.05) is 13.7 Å². The number of imidazole rings is 1. The molecule has 2 aromatic carbocycles. The molecular weight excluding hydrogens is 432 g/mol. The van der Waals surface area contributed by atoms with Gasteiger partial charge in [-0.05, 0) is 38.5 Å². The largest absolute Gasteiger partial charge is 0.497 e. The average molecular weight is 459 g/mol. The standard InChI is InChI=1S/C26H26N4O2S/c1-15-7-6-8-18(11-15)23-22(27-17(3)33-23)24(31)30-14-16(2)13-26(30,4)25-28-20-10-9-19(32-5)12-21(20)29-25/h6-12H,2,13-14H2,1,3-5H3,(H,28,29). The summed E-state index contributed by atoms with van der Waals surface area (Å²) in [5.41, 5.74) is 4.70. The van der Waals surface area contributed by atoms with E-state index in [-0.39, 0.29) is 5.91 Å². The molecule has 1 unspecified atom stereocenters. The number of methoxy groups -OCH3 is 1. The predicted octanol–water partition coefficient (Wildman–Crippen LogP) is 5.63. The fourth-order valence-electron chi connectivity index (χ4n) is 4.60. The van der Waals surface area contributed by atoms with E-state index in [1.165, 1.54) is 0 Å². The van der Waals surface area contributed by atoms with Gasteiger partial charge in [0.15, 0.2) is 0 Å². The second kappa shape index (κ2) is 7.85. The van der Waals surface area contributed by atoms with Gasteiger partial charge in [-0.1, -0.05) is 42.0 Å². The quantitative estimate of drug-likeness (QED) is 0.402. The second-order valence-electron chi connectivity index (χ2n) is 8.84. The van der Waals surface area contributed by atoms with Crippen LogP contribution in [0, 0.1) is 13.8 Å². The van der Waals surface area contributed by atoms with Crippen LogP contribution in [0.1, 0.15) is 40.2 Å². The van der Waals surface area contributed by atoms with Gasteiger partial charge in [0.1, 0.15) is 22.8 Å². The number of rotatable bonds is 4. The van der Waals surface area contributed by atoms with Gasteiger partial charge in [-0.2, -0.15) is 0 Å². The van der Waals surface area contributed by atoms with E-state index in [1.807, 2.05) is 49.1 Å². The van der Waals surface area contributed by atoms with E-state index < -0.39 is 5.54 Å². The third kappa shape index (κ3) is 3.62. The van der Waals surface area contributed by atoms with Gasteiger partial charge >= 0.3 is 0 Å². The predicted molar refractivity (Wildman–Crippen MR) is 132 cm³/mol. The third-order valence-electron chi connectivity index (χ3n) is 6.23. The fraction of sp³-hybridized carbons (Fsp3) is 0.269. The number of fused-ring (bicyclic) bond motifs is 1. The fourth-order valence-corrected chi connectivity index (χ4v) is 5.50. The molecule has 0 radical (unpaired) electrons. The van der Waals surface area contributed by atoms with Crippen LogP contribution in [-0.2, 0) is 5.54 Å². The van der Waals surface area contributed by atoms with Crippen molar-refractivity contribution in [1.29, 1.82) is 0 Å². The van der Waals surface area contributed by atoms with Crippen LogP contribution in [0.15, 0.2) is 54.6 Å². The first kappa shape index (κ1) is 21.4. The normalized spacial score (nSPS) is 18.3. The summed E-state index contributed by atoms with van der Waals surface area (Å²) in [6.45, 7) is 10.7. The first-order chi connectivity index (χ1) is 15.8. The highest BCUT2D eigenvalue weighted by atomic mass is 32.1. The molecule has 0 bridgehead atoms. The summed E-state index contributed by atoms with van der Waals surface area (Å²) in [5, 5.41) is 0.866. The van der Waals surface area contributed by atoms with Crippen LogP contribution in [0.2, 0.25) is 0 Å². The molecule has 1 aliphatic heterocycles. The lowest BCUT2D eigenvalue weighted by molar-refractivity contribution is 0.0602. The van der Waals surface area contributed by atoms with Crippen molar-refractivity contribution < 1.29 is 9.53 Å². The molecule has 33 heavy (non-hydrogen) atoms. The van der Waals surface area contributed by atoms with Crippen molar-refractivity contribution in [3.05, 3.63) is 76.7 Å². The molecule has 1 saturated heterocycles. The Kier molecular flexibility index (Phi) is 5.09. The topological polar surface area (TPSA) is 71.1 Å². The molecule has 2 aromatic heterocycles. The number of nitrogens with zero attached hydrogens (tertiary/aromatic N) is 3. The van der Waals surface area contributed by atoms with Gasteiger partial charge in [0.25, 0.3) is 5.91 Å². The van der Waals surface area contributed by atoms with Gasteiger partial charge in [-0.15, -0.1) is 11.3 Å². The van der Waals surface area contributed by atoms with Crippen LogP contribution in [0.4, 0.5) is 0 Å². The summed E-state index contributed by atoms with van der Waals surface area (Å²) >= 11 is 1.55. The lowest BCUT2D eigenvalue weighted by Crippen LogP contribution is -2.44. The van der Waals surface area contributed by atoms with Gasteiger partial charge in [0, 0.05) is 19.0 Å². The lowest BCUT2D eigenvalue weighted by Gasteiger charge is -2.33. The van der Waals surface area contributed by atoms with E-state index >= 15 is 0 Å². The second-order valence-corrected chi connectivity index (χ2v) is 10.0. The van der Waals surface area contributed by atoms with E-state index in [9.17, 15) is 4.79 Å². The Balaban J connectivity index is 1.58. The van der Waals surface area contributed by atoms with Crippen LogP contribution in [0.3, 0.4) is 0 Å². The van der Waals surface area contributed by atoms with Crippen molar-refractivity contribution in [1.82, 2.24) is 19.9 Å². The summed E-state index contributed by atoms with van der Waals surface area (Å²) in [7, 11) is 1.64. The van der Waals surface area contributed by atoms with Crippen LogP contribution in [-0.4, -0.2) is 39.4 Å². The minimum absolute atomic E-state index is 0.102. The van der Waals surface area contributed by atoms with Crippen molar-refractivity contribution in [2.24, 2.45) is 0 Å². The number of aromatic amines is 1. The highest BCUT2D eigenvalue weighted by Crippen LogP contribution is 2.42. The van der Waals surface area contributed by atoms with Crippen molar-refractivity contribution >= 4 is 28.3 Å². The van der Waals surface area contributed by atoms with Crippen LogP contribution in [0.25, 0.3) is 21.5 Å². The minimum Gasteiger partial charge on any atom is -0.497 e. The molecule has 1 fully saturated rings. The number of nitrogens with one attached hydrogen (secondary N) is 1. The average Bonchev–Trinajstić information content (AvgIpc) is 3.48. The van der Waals surface area contributed by atoms with Crippen molar-refractivity contribution in [3.63, 3.8) is 0 Å². The van der Waals surface area contributed by atoms with E-state index in [2.05, 4.69) is 35.6 Å². The summed E-state index contributed by atoms with van der Waals surface area (Å²) in [5.74, 6) is 1.39. The molecule has 6 nitrogen and oxygen atoms in total. The number of carbonyl (C=O) groups is 1. The summed E-state index contributed by atoms with van der Waals surface area (Å²) < 4.78 is 5.35.